The summed E-state index contributed by atoms with van der Waals surface area (Å²) in [5, 5.41) is 11.4. The average Bonchev–Trinajstić information content (AvgIpc) is 3.06. The third-order valence-electron chi connectivity index (χ3n) is 3.64. The van der Waals surface area contributed by atoms with Gasteiger partial charge in [-0.1, -0.05) is 0 Å². The molecule has 2 heterocycles. The highest BCUT2D eigenvalue weighted by molar-refractivity contribution is 7.71. The fourth-order valence-corrected chi connectivity index (χ4v) is 2.54. The van der Waals surface area contributed by atoms with Crippen molar-refractivity contribution in [1.82, 2.24) is 19.9 Å². The number of aromatic amines is 1. The molecule has 134 valence electrons. The van der Waals surface area contributed by atoms with E-state index in [2.05, 4.69) is 20.3 Å². The van der Waals surface area contributed by atoms with Crippen LogP contribution in [-0.4, -0.2) is 47.4 Å². The fourth-order valence-electron chi connectivity index (χ4n) is 2.36. The van der Waals surface area contributed by atoms with Gasteiger partial charge in [0.1, 0.15) is 5.75 Å². The normalized spacial score (nSPS) is 10.9. The van der Waals surface area contributed by atoms with Gasteiger partial charge in [-0.3, -0.25) is 4.98 Å². The van der Waals surface area contributed by atoms with Crippen molar-refractivity contribution in [1.29, 1.82) is 0 Å². The molecule has 3 rings (SSSR count). The van der Waals surface area contributed by atoms with Crippen LogP contribution in [0.4, 0.5) is 0 Å². The molecule has 26 heavy (non-hydrogen) atoms. The first-order valence-corrected chi connectivity index (χ1v) is 8.01. The van der Waals surface area contributed by atoms with E-state index < -0.39 is 0 Å². The largest absolute Gasteiger partial charge is 0.496 e. The molecule has 0 unspecified atom stereocenters. The summed E-state index contributed by atoms with van der Waals surface area (Å²) in [6, 6.07) is 7.16. The molecular formula is C17H17N5O3S. The van der Waals surface area contributed by atoms with Gasteiger partial charge in [0, 0.05) is 29.6 Å². The van der Waals surface area contributed by atoms with Crippen LogP contribution in [0, 0.1) is 4.77 Å². The number of nitrogens with one attached hydrogen (secondary N) is 1. The van der Waals surface area contributed by atoms with E-state index >= 15 is 0 Å². The van der Waals surface area contributed by atoms with Crippen LogP contribution >= 0.6 is 12.2 Å². The third kappa shape index (κ3) is 3.42. The van der Waals surface area contributed by atoms with Gasteiger partial charge in [0.2, 0.25) is 4.77 Å². The Morgan fingerprint density at radius 3 is 2.35 bits per heavy atom. The second kappa shape index (κ2) is 7.79. The zero-order chi connectivity index (χ0) is 18.5. The highest BCUT2D eigenvalue weighted by Gasteiger charge is 2.12. The van der Waals surface area contributed by atoms with Crippen LogP contribution < -0.4 is 14.2 Å². The van der Waals surface area contributed by atoms with Crippen molar-refractivity contribution < 1.29 is 14.2 Å². The molecule has 0 atom stereocenters. The number of aromatic nitrogens is 4. The summed E-state index contributed by atoms with van der Waals surface area (Å²) in [7, 11) is 4.71. The van der Waals surface area contributed by atoms with E-state index in [0.717, 1.165) is 5.56 Å². The van der Waals surface area contributed by atoms with E-state index in [4.69, 9.17) is 26.4 Å². The van der Waals surface area contributed by atoms with Crippen LogP contribution in [0.3, 0.4) is 0 Å². The number of methoxy groups -OCH3 is 3. The fraction of sp³-hybridized carbons (Fsp3) is 0.176. The summed E-state index contributed by atoms with van der Waals surface area (Å²) in [5.74, 6) is 2.30. The lowest BCUT2D eigenvalue weighted by atomic mass is 10.2. The number of rotatable bonds is 6. The minimum Gasteiger partial charge on any atom is -0.496 e. The zero-order valence-electron chi connectivity index (χ0n) is 14.5. The molecule has 0 spiro atoms. The van der Waals surface area contributed by atoms with Crippen LogP contribution in [-0.2, 0) is 0 Å². The molecule has 9 heteroatoms. The zero-order valence-corrected chi connectivity index (χ0v) is 15.3. The Hall–Kier alpha value is -3.20. The van der Waals surface area contributed by atoms with Crippen LogP contribution in [0.1, 0.15) is 5.56 Å². The van der Waals surface area contributed by atoms with Crippen molar-refractivity contribution in [2.24, 2.45) is 5.10 Å². The van der Waals surface area contributed by atoms with Gasteiger partial charge in [-0.25, -0.2) is 5.10 Å². The third-order valence-corrected chi connectivity index (χ3v) is 3.90. The smallest absolute Gasteiger partial charge is 0.216 e. The van der Waals surface area contributed by atoms with Crippen molar-refractivity contribution in [2.75, 3.05) is 21.3 Å². The molecule has 0 radical (unpaired) electrons. The molecule has 2 aromatic heterocycles. The SMILES string of the molecule is COc1cc(OC)c(OC)cc1/C=N\n1c(-c2ccncc2)n[nH]c1=S. The lowest BCUT2D eigenvalue weighted by Crippen LogP contribution is -1.99. The molecule has 0 aliphatic carbocycles. The molecule has 8 nitrogen and oxygen atoms in total. The number of pyridine rings is 1. The van der Waals surface area contributed by atoms with Crippen molar-refractivity contribution in [3.05, 3.63) is 47.0 Å². The standard InChI is InChI=1S/C17H17N5O3S/c1-23-13-9-15(25-3)14(24-2)8-12(13)10-19-22-16(20-21-17(22)26)11-4-6-18-7-5-11/h4-10H,1-3H3,(H,21,26)/b19-10-. The molecule has 0 amide bonds. The number of H-pyrrole nitrogens is 1. The predicted molar refractivity (Wildman–Crippen MR) is 99.7 cm³/mol. The summed E-state index contributed by atoms with van der Waals surface area (Å²) in [6.45, 7) is 0. The van der Waals surface area contributed by atoms with E-state index in [-0.39, 0.29) is 0 Å². The Morgan fingerprint density at radius 2 is 1.69 bits per heavy atom. The Kier molecular flexibility index (Phi) is 5.28. The van der Waals surface area contributed by atoms with Crippen LogP contribution in [0.15, 0.2) is 41.8 Å². The molecule has 1 N–H and O–H groups in total. The molecule has 1 aromatic carbocycles. The number of nitrogens with zero attached hydrogens (tertiary/aromatic N) is 4. The Bertz CT molecular complexity index is 982. The van der Waals surface area contributed by atoms with Crippen molar-refractivity contribution >= 4 is 18.4 Å². The minimum absolute atomic E-state index is 0.368. The monoisotopic (exact) mass is 371 g/mol. The van der Waals surface area contributed by atoms with E-state index in [1.54, 1.807) is 52.1 Å². The van der Waals surface area contributed by atoms with E-state index in [9.17, 15) is 0 Å². The Balaban J connectivity index is 2.04. The van der Waals surface area contributed by atoms with Crippen LogP contribution in [0.25, 0.3) is 11.4 Å². The van der Waals surface area contributed by atoms with Crippen molar-refractivity contribution in [2.45, 2.75) is 0 Å². The molecule has 3 aromatic rings. The minimum atomic E-state index is 0.368. The molecule has 0 aliphatic heterocycles. The highest BCUT2D eigenvalue weighted by atomic mass is 32.1. The molecule has 0 saturated heterocycles. The second-order valence-electron chi connectivity index (χ2n) is 5.09. The Morgan fingerprint density at radius 1 is 1.04 bits per heavy atom. The predicted octanol–water partition coefficient (Wildman–Crippen LogP) is 2.91. The van der Waals surface area contributed by atoms with E-state index in [1.807, 2.05) is 12.1 Å². The molecule has 0 bridgehead atoms. The van der Waals surface area contributed by atoms with Crippen molar-refractivity contribution in [3.63, 3.8) is 0 Å². The van der Waals surface area contributed by atoms with Gasteiger partial charge in [-0.05, 0) is 30.4 Å². The summed E-state index contributed by atoms with van der Waals surface area (Å²) in [4.78, 5) is 4.01. The maximum Gasteiger partial charge on any atom is 0.216 e. The summed E-state index contributed by atoms with van der Waals surface area (Å²) in [5.41, 5.74) is 1.54. The van der Waals surface area contributed by atoms with Crippen LogP contribution in [0.5, 0.6) is 17.2 Å². The van der Waals surface area contributed by atoms with Gasteiger partial charge < -0.3 is 14.2 Å². The molecule has 0 saturated carbocycles. The van der Waals surface area contributed by atoms with Crippen molar-refractivity contribution in [3.8, 4) is 28.6 Å². The van der Waals surface area contributed by atoms with Gasteiger partial charge in [-0.2, -0.15) is 14.9 Å². The second-order valence-corrected chi connectivity index (χ2v) is 5.48. The topological polar surface area (TPSA) is 86.5 Å². The Labute approximate surface area is 155 Å². The van der Waals surface area contributed by atoms with Gasteiger partial charge in [0.05, 0.1) is 27.5 Å². The average molecular weight is 371 g/mol. The van der Waals surface area contributed by atoms with Gasteiger partial charge in [0.15, 0.2) is 17.3 Å². The van der Waals surface area contributed by atoms with E-state index in [0.29, 0.717) is 33.4 Å². The molecular weight excluding hydrogens is 354 g/mol. The van der Waals surface area contributed by atoms with Gasteiger partial charge in [0.25, 0.3) is 0 Å². The molecule has 0 fully saturated rings. The summed E-state index contributed by atoms with van der Waals surface area (Å²) in [6.07, 6.45) is 4.98. The quantitative estimate of drug-likeness (QED) is 0.530. The van der Waals surface area contributed by atoms with Crippen LogP contribution in [0.2, 0.25) is 0 Å². The maximum atomic E-state index is 5.41. The van der Waals surface area contributed by atoms with Gasteiger partial charge in [-0.15, -0.1) is 0 Å². The first kappa shape index (κ1) is 17.6. The first-order valence-electron chi connectivity index (χ1n) is 7.60. The highest BCUT2D eigenvalue weighted by Crippen LogP contribution is 2.33. The maximum absolute atomic E-state index is 5.41. The summed E-state index contributed by atoms with van der Waals surface area (Å²) >= 11 is 5.28. The number of hydrogen-bond donors (Lipinski definition) is 1. The first-order chi connectivity index (χ1) is 12.7. The lowest BCUT2D eigenvalue weighted by Gasteiger charge is -2.11. The van der Waals surface area contributed by atoms with E-state index in [1.165, 1.54) is 4.68 Å². The number of hydrogen-bond acceptors (Lipinski definition) is 7. The number of ether oxygens (including phenoxy) is 3. The summed E-state index contributed by atoms with van der Waals surface area (Å²) < 4.78 is 17.9. The van der Waals surface area contributed by atoms with Gasteiger partial charge >= 0.3 is 0 Å². The lowest BCUT2D eigenvalue weighted by molar-refractivity contribution is 0.349. The number of benzene rings is 1. The molecule has 0 aliphatic rings.